The number of nitrogens with zero attached hydrogens (tertiary/aromatic N) is 2. The summed E-state index contributed by atoms with van der Waals surface area (Å²) in [5.41, 5.74) is 6.50. The van der Waals surface area contributed by atoms with Crippen molar-refractivity contribution in [2.45, 2.75) is 11.4 Å². The number of carbonyl (C=O) groups is 2. The Morgan fingerprint density at radius 2 is 2.12 bits per heavy atom. The molecule has 2 atom stereocenters. The van der Waals surface area contributed by atoms with E-state index in [2.05, 4.69) is 7.05 Å². The molecule has 0 aromatic heterocycles. The summed E-state index contributed by atoms with van der Waals surface area (Å²) in [6.07, 6.45) is 3.86. The van der Waals surface area contributed by atoms with Gasteiger partial charge in [0.05, 0.1) is 26.8 Å². The van der Waals surface area contributed by atoms with Crippen molar-refractivity contribution in [3.8, 4) is 0 Å². The van der Waals surface area contributed by atoms with E-state index < -0.39 is 12.0 Å². The van der Waals surface area contributed by atoms with E-state index in [0.29, 0.717) is 11.3 Å². The highest BCUT2D eigenvalue weighted by Crippen LogP contribution is 2.39. The fourth-order valence-corrected chi connectivity index (χ4v) is 4.35. The van der Waals surface area contributed by atoms with Gasteiger partial charge in [0.1, 0.15) is 30.2 Å². The third-order valence-electron chi connectivity index (χ3n) is 4.66. The number of β-lactam (4-membered cyclic amide) rings is 1. The molecule has 3 N–H and O–H groups in total. The summed E-state index contributed by atoms with van der Waals surface area (Å²) < 4.78 is 6.26. The van der Waals surface area contributed by atoms with E-state index in [0.717, 1.165) is 37.3 Å². The number of morpholine rings is 1. The van der Waals surface area contributed by atoms with Crippen LogP contribution in [0.25, 0.3) is 0 Å². The van der Waals surface area contributed by atoms with Gasteiger partial charge in [0, 0.05) is 5.75 Å². The highest BCUT2D eigenvalue weighted by atomic mass is 35.5. The van der Waals surface area contributed by atoms with Gasteiger partial charge in [0.15, 0.2) is 0 Å². The number of halogens is 2. The van der Waals surface area contributed by atoms with Crippen LogP contribution in [0.5, 0.6) is 0 Å². The van der Waals surface area contributed by atoms with Crippen LogP contribution in [0.15, 0.2) is 23.4 Å². The molecule has 10 heteroatoms. The van der Waals surface area contributed by atoms with Gasteiger partial charge >= 0.3 is 5.97 Å². The van der Waals surface area contributed by atoms with Gasteiger partial charge in [-0.15, -0.1) is 24.2 Å². The zero-order valence-electron chi connectivity index (χ0n) is 13.9. The minimum Gasteiger partial charge on any atom is -1.00 e. The molecule has 3 rings (SSSR count). The Hall–Kier alpha value is -0.770. The summed E-state index contributed by atoms with van der Waals surface area (Å²) in [4.78, 5) is 24.8. The number of rotatable bonds is 4. The highest BCUT2D eigenvalue weighted by Gasteiger charge is 2.51. The van der Waals surface area contributed by atoms with Crippen LogP contribution in [0.2, 0.25) is 0 Å². The van der Waals surface area contributed by atoms with Crippen LogP contribution in [0.1, 0.15) is 0 Å². The van der Waals surface area contributed by atoms with Gasteiger partial charge in [-0.25, -0.2) is 4.79 Å². The molecule has 0 aromatic rings. The quantitative estimate of drug-likeness (QED) is 0.379. The van der Waals surface area contributed by atoms with Crippen LogP contribution in [0, 0.1) is 0 Å². The molecular formula is C15H23Cl2N3O4S. The van der Waals surface area contributed by atoms with Crippen molar-refractivity contribution in [3.05, 3.63) is 23.4 Å². The molecule has 1 amide bonds. The maximum absolute atomic E-state index is 11.9. The van der Waals surface area contributed by atoms with E-state index in [-0.39, 0.29) is 41.8 Å². The van der Waals surface area contributed by atoms with Crippen molar-refractivity contribution < 1.29 is 36.3 Å². The average Bonchev–Trinajstić information content (AvgIpc) is 2.53. The average molecular weight is 412 g/mol. The minimum atomic E-state index is -1.07. The van der Waals surface area contributed by atoms with E-state index in [1.165, 1.54) is 16.7 Å². The maximum Gasteiger partial charge on any atom is 0.352 e. The van der Waals surface area contributed by atoms with Gasteiger partial charge in [-0.2, -0.15) is 0 Å². The van der Waals surface area contributed by atoms with Gasteiger partial charge in [-0.05, 0) is 11.6 Å². The Bertz CT molecular complexity index is 593. The van der Waals surface area contributed by atoms with Gasteiger partial charge < -0.3 is 32.5 Å². The lowest BCUT2D eigenvalue weighted by Crippen LogP contribution is -3.00. The van der Waals surface area contributed by atoms with Crippen LogP contribution in [-0.4, -0.2) is 83.4 Å². The molecule has 0 radical (unpaired) electrons. The summed E-state index contributed by atoms with van der Waals surface area (Å²) in [6.45, 7) is 4.23. The van der Waals surface area contributed by atoms with Crippen molar-refractivity contribution in [2.75, 3.05) is 45.6 Å². The molecular weight excluding hydrogens is 389 g/mol. The zero-order valence-corrected chi connectivity index (χ0v) is 16.3. The lowest BCUT2D eigenvalue weighted by Gasteiger charge is -2.47. The second-order valence-electron chi connectivity index (χ2n) is 6.38. The first-order chi connectivity index (χ1) is 10.9. The molecule has 7 nitrogen and oxygen atoms in total. The number of amides is 1. The number of thioether (sulfide) groups is 1. The van der Waals surface area contributed by atoms with Crippen molar-refractivity contribution in [3.63, 3.8) is 0 Å². The van der Waals surface area contributed by atoms with Gasteiger partial charge in [-0.1, -0.05) is 6.08 Å². The zero-order chi connectivity index (χ0) is 16.6. The number of carbonyl (C=O) groups excluding carboxylic acids is 1. The fraction of sp³-hybridized carbons (Fsp3) is 0.600. The number of likely N-dealkylation sites (N-methyl/N-ethyl adjacent to an activating group) is 1. The van der Waals surface area contributed by atoms with Crippen molar-refractivity contribution in [1.82, 2.24) is 4.90 Å². The highest BCUT2D eigenvalue weighted by molar-refractivity contribution is 8.00. The predicted molar refractivity (Wildman–Crippen MR) is 93.7 cm³/mol. The summed E-state index contributed by atoms with van der Waals surface area (Å²) in [7, 11) is 2.17. The van der Waals surface area contributed by atoms with Gasteiger partial charge in [0.25, 0.3) is 0 Å². The number of carboxylic acids is 1. The Morgan fingerprint density at radius 3 is 2.72 bits per heavy atom. The Labute approximate surface area is 163 Å². The normalized spacial score (nSPS) is 27.9. The van der Waals surface area contributed by atoms with E-state index in [4.69, 9.17) is 10.5 Å². The number of aliphatic carboxylic acids is 1. The van der Waals surface area contributed by atoms with E-state index >= 15 is 0 Å². The summed E-state index contributed by atoms with van der Waals surface area (Å²) >= 11 is 1.52. The number of allylic oxidation sites excluding steroid dienone is 1. The number of quaternary nitrogens is 1. The lowest BCUT2D eigenvalue weighted by molar-refractivity contribution is -0.911. The van der Waals surface area contributed by atoms with Crippen LogP contribution in [0.4, 0.5) is 0 Å². The fourth-order valence-electron chi connectivity index (χ4n) is 3.08. The smallest absolute Gasteiger partial charge is 0.352 e. The SMILES string of the molecule is C[N+]1(CC=CC2=C(C(=O)O)N3C(=O)[C@@H](N)[C@H]3SC2)CCOCC1.Cl.[Cl-]. The number of carboxylic acid groups (broad SMARTS) is 1. The predicted octanol–water partition coefficient (Wildman–Crippen LogP) is -2.97. The maximum atomic E-state index is 11.9. The molecule has 2 fully saturated rings. The Morgan fingerprint density at radius 1 is 1.48 bits per heavy atom. The standard InChI is InChI=1S/C15H21N3O4S.2ClH/c1-18(5-7-22-8-6-18)4-2-3-10-9-23-14-11(16)13(19)17(14)12(10)15(20)21;;/h2-3,11,14H,4-9,16H2,1H3;2*1H/t11-,14-;;/m1../s1. The summed E-state index contributed by atoms with van der Waals surface area (Å²) in [5, 5.41) is 9.24. The molecule has 25 heavy (non-hydrogen) atoms. The third-order valence-corrected chi connectivity index (χ3v) is 5.98. The first-order valence-corrected chi connectivity index (χ1v) is 8.72. The Balaban J connectivity index is 0.00000156. The number of hydrogen-bond acceptors (Lipinski definition) is 5. The molecule has 0 aliphatic carbocycles. The van der Waals surface area contributed by atoms with Crippen LogP contribution in [-0.2, 0) is 14.3 Å². The molecule has 2 saturated heterocycles. The molecule has 0 bridgehead atoms. The van der Waals surface area contributed by atoms with Crippen LogP contribution >= 0.6 is 24.2 Å². The van der Waals surface area contributed by atoms with Crippen molar-refractivity contribution in [2.24, 2.45) is 5.73 Å². The van der Waals surface area contributed by atoms with E-state index in [9.17, 15) is 14.7 Å². The largest absolute Gasteiger partial charge is 1.00 e. The first kappa shape index (κ1) is 22.3. The van der Waals surface area contributed by atoms with Crippen molar-refractivity contribution in [1.29, 1.82) is 0 Å². The topological polar surface area (TPSA) is 92.9 Å². The van der Waals surface area contributed by atoms with Crippen LogP contribution < -0.4 is 18.1 Å². The lowest BCUT2D eigenvalue weighted by atomic mass is 10.0. The van der Waals surface area contributed by atoms with Gasteiger partial charge in [0.2, 0.25) is 5.91 Å². The number of hydrogen-bond donors (Lipinski definition) is 2. The summed E-state index contributed by atoms with van der Waals surface area (Å²) in [5.74, 6) is -0.813. The molecule has 3 aliphatic rings. The third kappa shape index (κ3) is 4.32. The summed E-state index contributed by atoms with van der Waals surface area (Å²) in [6, 6.07) is -0.585. The molecule has 3 aliphatic heterocycles. The van der Waals surface area contributed by atoms with Crippen molar-refractivity contribution >= 4 is 36.0 Å². The molecule has 142 valence electrons. The number of nitrogens with two attached hydrogens (primary N) is 1. The van der Waals surface area contributed by atoms with Gasteiger partial charge in [-0.3, -0.25) is 9.69 Å². The molecule has 0 aromatic carbocycles. The van der Waals surface area contributed by atoms with E-state index in [1.807, 2.05) is 12.2 Å². The first-order valence-electron chi connectivity index (χ1n) is 7.67. The molecule has 0 unspecified atom stereocenters. The van der Waals surface area contributed by atoms with Crippen LogP contribution in [0.3, 0.4) is 0 Å². The second kappa shape index (κ2) is 8.75. The monoisotopic (exact) mass is 411 g/mol. The number of ether oxygens (including phenoxy) is 1. The number of fused-ring (bicyclic) bond motifs is 1. The molecule has 3 heterocycles. The second-order valence-corrected chi connectivity index (χ2v) is 7.48. The minimum absolute atomic E-state index is 0. The Kier molecular flexibility index (Phi) is 7.79. The molecule has 0 saturated carbocycles. The van der Waals surface area contributed by atoms with E-state index in [1.54, 1.807) is 0 Å². The molecule has 0 spiro atoms.